The van der Waals surface area contributed by atoms with E-state index in [-0.39, 0.29) is 24.3 Å². The number of nitrogens with one attached hydrogen (secondary N) is 5. The Morgan fingerprint density at radius 1 is 0.815 bits per heavy atom. The number of pyridine rings is 1. The Balaban J connectivity index is 1.55. The molecule has 5 amide bonds. The lowest BCUT2D eigenvalue weighted by Crippen LogP contribution is -2.57. The molecule has 288 valence electrons. The first-order valence-electron chi connectivity index (χ1n) is 18.2. The molecule has 0 aliphatic carbocycles. The first-order valence-corrected chi connectivity index (χ1v) is 18.2. The summed E-state index contributed by atoms with van der Waals surface area (Å²) < 4.78 is 0. The number of carbonyl (C=O) groups excluding carboxylic acids is 5. The normalized spacial score (nSPS) is 14.0. The summed E-state index contributed by atoms with van der Waals surface area (Å²) in [5, 5.41) is 24.2. The molecule has 0 radical (unpaired) electrons. The van der Waals surface area contributed by atoms with Gasteiger partial charge < -0.3 is 42.8 Å². The van der Waals surface area contributed by atoms with E-state index in [9.17, 15) is 29.1 Å². The van der Waals surface area contributed by atoms with E-state index in [0.717, 1.165) is 16.3 Å². The maximum absolute atomic E-state index is 14.2. The van der Waals surface area contributed by atoms with Crippen LogP contribution in [-0.4, -0.2) is 86.4 Å². The third kappa shape index (κ3) is 12.5. The molecular formula is C39H51N9O6. The second-order valence-corrected chi connectivity index (χ2v) is 13.8. The van der Waals surface area contributed by atoms with Gasteiger partial charge in [0, 0.05) is 37.1 Å². The van der Waals surface area contributed by atoms with Gasteiger partial charge in [-0.3, -0.25) is 29.0 Å². The maximum Gasteiger partial charge on any atom is 0.253 e. The second-order valence-electron chi connectivity index (χ2n) is 13.8. The molecule has 4 rings (SSSR count). The van der Waals surface area contributed by atoms with Crippen molar-refractivity contribution < 1.29 is 29.1 Å². The minimum atomic E-state index is -1.34. The number of rotatable bonds is 21. The molecule has 0 aliphatic heterocycles. The summed E-state index contributed by atoms with van der Waals surface area (Å²) in [6, 6.07) is 12.5. The molecule has 5 atom stereocenters. The summed E-state index contributed by atoms with van der Waals surface area (Å²) in [4.78, 5) is 77.5. The van der Waals surface area contributed by atoms with E-state index >= 15 is 0 Å². The molecule has 0 aliphatic rings. The zero-order valence-corrected chi connectivity index (χ0v) is 30.7. The molecule has 54 heavy (non-hydrogen) atoms. The van der Waals surface area contributed by atoms with Gasteiger partial charge in [0.1, 0.15) is 18.1 Å². The fourth-order valence-electron chi connectivity index (χ4n) is 6.20. The number of hydrogen-bond donors (Lipinski definition) is 8. The van der Waals surface area contributed by atoms with E-state index in [1.54, 1.807) is 12.1 Å². The summed E-state index contributed by atoms with van der Waals surface area (Å²) in [7, 11) is 0. The summed E-state index contributed by atoms with van der Waals surface area (Å²) in [6.45, 7) is 4.24. The Kier molecular flexibility index (Phi) is 15.6. The summed E-state index contributed by atoms with van der Waals surface area (Å²) >= 11 is 0. The maximum atomic E-state index is 14.2. The fourth-order valence-corrected chi connectivity index (χ4v) is 6.20. The van der Waals surface area contributed by atoms with Gasteiger partial charge >= 0.3 is 0 Å². The van der Waals surface area contributed by atoms with Gasteiger partial charge in [-0.05, 0) is 66.6 Å². The van der Waals surface area contributed by atoms with Crippen LogP contribution in [-0.2, 0) is 32.0 Å². The van der Waals surface area contributed by atoms with Gasteiger partial charge in [0.2, 0.25) is 23.6 Å². The number of aliphatic hydroxyl groups is 1. The number of H-pyrrole nitrogens is 1. The van der Waals surface area contributed by atoms with Crippen molar-refractivity contribution in [1.29, 1.82) is 0 Å². The number of fused-ring (bicyclic) bond motifs is 1. The number of nitrogens with two attached hydrogens (primary N) is 2. The van der Waals surface area contributed by atoms with Gasteiger partial charge in [-0.1, -0.05) is 56.3 Å². The van der Waals surface area contributed by atoms with Crippen LogP contribution in [0.1, 0.15) is 67.6 Å². The average Bonchev–Trinajstić information content (AvgIpc) is 3.67. The molecule has 0 bridgehead atoms. The molecule has 0 spiro atoms. The van der Waals surface area contributed by atoms with Crippen molar-refractivity contribution in [2.75, 3.05) is 6.54 Å². The number of nitrogens with zero attached hydrogens (tertiary/aromatic N) is 2. The number of amides is 5. The molecule has 15 nitrogen and oxygen atoms in total. The van der Waals surface area contributed by atoms with E-state index in [2.05, 4.69) is 36.2 Å². The number of aromatic nitrogens is 3. The predicted molar refractivity (Wildman–Crippen MR) is 203 cm³/mol. The largest absolute Gasteiger partial charge is 0.390 e. The minimum absolute atomic E-state index is 0.00316. The molecule has 4 aromatic rings. The molecule has 10 N–H and O–H groups in total. The van der Waals surface area contributed by atoms with Gasteiger partial charge in [0.15, 0.2) is 0 Å². The number of aliphatic hydroxyl groups excluding tert-OH is 1. The van der Waals surface area contributed by atoms with E-state index in [1.807, 2.05) is 56.3 Å². The van der Waals surface area contributed by atoms with Crippen LogP contribution in [0.4, 0.5) is 0 Å². The molecule has 2 heterocycles. The number of imidazole rings is 1. The van der Waals surface area contributed by atoms with Gasteiger partial charge in [0.25, 0.3) is 5.91 Å². The zero-order chi connectivity index (χ0) is 39.0. The lowest BCUT2D eigenvalue weighted by atomic mass is 9.96. The average molecular weight is 742 g/mol. The zero-order valence-electron chi connectivity index (χ0n) is 30.7. The van der Waals surface area contributed by atoms with Crippen molar-refractivity contribution in [2.24, 2.45) is 17.4 Å². The van der Waals surface area contributed by atoms with Crippen LogP contribution in [0.2, 0.25) is 0 Å². The smallest absolute Gasteiger partial charge is 0.253 e. The quantitative estimate of drug-likeness (QED) is 0.0575. The standard InChI is InChI=1S/C39H51N9O6/c1-24(2)17-31(34(49)20-35(50)45-30(36(41)51)14-5-6-15-40)46-39(54)33(19-28-22-43-23-44-28)48-38(53)32(47-37(52)27-12-8-16-42-21-27)18-26-11-7-10-25-9-3-4-13-29(25)26/h3-4,7-13,16,21-24,30-34,49H,5-6,14-15,17-20,40H2,1-2H3,(H2,41,51)(H,43,44)(H,45,50)(H,46,54)(H,47,52)(H,48,53)/t30-,31-,32-,33-,34-/m0/s1. The summed E-state index contributed by atoms with van der Waals surface area (Å²) in [5.74, 6) is -3.07. The third-order valence-electron chi connectivity index (χ3n) is 9.00. The molecule has 0 fully saturated rings. The molecule has 2 aromatic heterocycles. The lowest BCUT2D eigenvalue weighted by molar-refractivity contribution is -0.132. The van der Waals surface area contributed by atoms with Crippen LogP contribution in [0.5, 0.6) is 0 Å². The summed E-state index contributed by atoms with van der Waals surface area (Å²) in [5.41, 5.74) is 12.7. The van der Waals surface area contributed by atoms with Crippen LogP contribution >= 0.6 is 0 Å². The van der Waals surface area contributed by atoms with Crippen molar-refractivity contribution in [1.82, 2.24) is 36.2 Å². The van der Waals surface area contributed by atoms with Crippen LogP contribution in [0.25, 0.3) is 10.8 Å². The number of carbonyl (C=O) groups is 5. The molecule has 2 aromatic carbocycles. The predicted octanol–water partition coefficient (Wildman–Crippen LogP) is 1.41. The van der Waals surface area contributed by atoms with Crippen LogP contribution in [0.15, 0.2) is 79.5 Å². The highest BCUT2D eigenvalue weighted by Gasteiger charge is 2.32. The Bertz CT molecular complexity index is 1830. The Labute approximate surface area is 314 Å². The van der Waals surface area contributed by atoms with Gasteiger partial charge in [-0.25, -0.2) is 4.98 Å². The lowest BCUT2D eigenvalue weighted by Gasteiger charge is -2.29. The Morgan fingerprint density at radius 2 is 1.56 bits per heavy atom. The van der Waals surface area contributed by atoms with Crippen molar-refractivity contribution in [3.63, 3.8) is 0 Å². The molecule has 0 saturated carbocycles. The van der Waals surface area contributed by atoms with E-state index < -0.39 is 66.2 Å². The molecule has 0 unspecified atom stereocenters. The Morgan fingerprint density at radius 3 is 2.24 bits per heavy atom. The SMILES string of the molecule is CC(C)C[C@H](NC(=O)[C@H](Cc1cnc[nH]1)NC(=O)[C@H](Cc1cccc2ccccc12)NC(=O)c1cccnc1)[C@@H](O)CC(=O)N[C@@H](CCCCN)C(N)=O. The van der Waals surface area contributed by atoms with Crippen molar-refractivity contribution in [3.8, 4) is 0 Å². The van der Waals surface area contributed by atoms with E-state index in [4.69, 9.17) is 11.5 Å². The van der Waals surface area contributed by atoms with Gasteiger partial charge in [0.05, 0.1) is 30.5 Å². The second kappa shape index (κ2) is 20.5. The number of aromatic amines is 1. The summed E-state index contributed by atoms with van der Waals surface area (Å²) in [6.07, 6.45) is 6.11. The van der Waals surface area contributed by atoms with Crippen LogP contribution < -0.4 is 32.7 Å². The Hall–Kier alpha value is -5.67. The number of primary amides is 1. The van der Waals surface area contributed by atoms with E-state index in [1.165, 1.54) is 24.9 Å². The van der Waals surface area contributed by atoms with Crippen LogP contribution in [0.3, 0.4) is 0 Å². The highest BCUT2D eigenvalue weighted by molar-refractivity contribution is 5.98. The van der Waals surface area contributed by atoms with E-state index in [0.29, 0.717) is 37.9 Å². The minimum Gasteiger partial charge on any atom is -0.390 e. The highest BCUT2D eigenvalue weighted by atomic mass is 16.3. The highest BCUT2D eigenvalue weighted by Crippen LogP contribution is 2.20. The van der Waals surface area contributed by atoms with Crippen LogP contribution in [0, 0.1) is 5.92 Å². The molecule has 0 saturated heterocycles. The number of benzene rings is 2. The topological polar surface area (TPSA) is 247 Å². The fraction of sp³-hybridized carbons (Fsp3) is 0.410. The van der Waals surface area contributed by atoms with Gasteiger partial charge in [-0.15, -0.1) is 0 Å². The third-order valence-corrected chi connectivity index (χ3v) is 9.00. The van der Waals surface area contributed by atoms with Crippen molar-refractivity contribution in [2.45, 2.75) is 89.1 Å². The van der Waals surface area contributed by atoms with Crippen molar-refractivity contribution in [3.05, 3.63) is 96.3 Å². The first kappa shape index (κ1) is 41.1. The molecule has 15 heteroatoms. The first-order chi connectivity index (χ1) is 25.9. The van der Waals surface area contributed by atoms with Gasteiger partial charge in [-0.2, -0.15) is 0 Å². The number of unbranched alkanes of at least 4 members (excludes halogenated alkanes) is 1. The molecular weight excluding hydrogens is 690 g/mol. The number of hydrogen-bond acceptors (Lipinski definition) is 9. The van der Waals surface area contributed by atoms with Crippen molar-refractivity contribution >= 4 is 40.3 Å². The monoisotopic (exact) mass is 741 g/mol.